The summed E-state index contributed by atoms with van der Waals surface area (Å²) in [7, 11) is 0. The minimum absolute atomic E-state index is 0.0592. The van der Waals surface area contributed by atoms with Gasteiger partial charge in [0.25, 0.3) is 0 Å². The zero-order chi connectivity index (χ0) is 10.7. The molecule has 0 atom stereocenters. The van der Waals surface area contributed by atoms with Gasteiger partial charge in [-0.05, 0) is 30.7 Å². The second kappa shape index (κ2) is 4.09. The molecule has 2 aromatic rings. The Morgan fingerprint density at radius 3 is 2.87 bits per heavy atom. The molecule has 0 saturated carbocycles. The summed E-state index contributed by atoms with van der Waals surface area (Å²) < 4.78 is 4.90. The van der Waals surface area contributed by atoms with Crippen LogP contribution in [0.2, 0.25) is 0 Å². The molecule has 0 amide bonds. The lowest BCUT2D eigenvalue weighted by Gasteiger charge is -1.98. The first kappa shape index (κ1) is 9.65. The van der Waals surface area contributed by atoms with Gasteiger partial charge < -0.3 is 4.42 Å². The molecule has 2 aromatic heterocycles. The van der Waals surface area contributed by atoms with Crippen molar-refractivity contribution in [3.8, 4) is 0 Å². The number of carbonyl (C=O) groups is 1. The van der Waals surface area contributed by atoms with Gasteiger partial charge in [0.1, 0.15) is 0 Å². The van der Waals surface area contributed by atoms with Crippen molar-refractivity contribution in [2.75, 3.05) is 0 Å². The minimum atomic E-state index is 0.0592. The largest absolute Gasteiger partial charge is 0.472 e. The number of aryl methyl sites for hydroxylation is 1. The standard InChI is InChI=1S/C12H11NO2/c1-9-2-3-11(7-13-9)12(14)6-10-4-5-15-8-10/h2-5,7-8H,6H2,1H3. The fourth-order valence-corrected chi connectivity index (χ4v) is 1.31. The first-order chi connectivity index (χ1) is 7.25. The van der Waals surface area contributed by atoms with E-state index >= 15 is 0 Å². The Kier molecular flexibility index (Phi) is 2.63. The van der Waals surface area contributed by atoms with Crippen molar-refractivity contribution in [3.63, 3.8) is 0 Å². The molecule has 3 nitrogen and oxygen atoms in total. The molecule has 0 radical (unpaired) electrons. The van der Waals surface area contributed by atoms with Crippen LogP contribution in [0.25, 0.3) is 0 Å². The van der Waals surface area contributed by atoms with E-state index < -0.39 is 0 Å². The second-order valence-electron chi connectivity index (χ2n) is 3.42. The van der Waals surface area contributed by atoms with Crippen LogP contribution >= 0.6 is 0 Å². The second-order valence-corrected chi connectivity index (χ2v) is 3.42. The van der Waals surface area contributed by atoms with Crippen LogP contribution in [0, 0.1) is 6.92 Å². The van der Waals surface area contributed by atoms with Crippen molar-refractivity contribution >= 4 is 5.78 Å². The third-order valence-corrected chi connectivity index (χ3v) is 2.18. The topological polar surface area (TPSA) is 43.1 Å². The highest BCUT2D eigenvalue weighted by Gasteiger charge is 2.07. The van der Waals surface area contributed by atoms with Gasteiger partial charge in [0, 0.05) is 23.9 Å². The van der Waals surface area contributed by atoms with Gasteiger partial charge in [-0.1, -0.05) is 0 Å². The predicted molar refractivity (Wildman–Crippen MR) is 55.7 cm³/mol. The molecule has 2 heterocycles. The summed E-state index contributed by atoms with van der Waals surface area (Å²) in [5.41, 5.74) is 2.44. The van der Waals surface area contributed by atoms with E-state index in [0.29, 0.717) is 12.0 Å². The van der Waals surface area contributed by atoms with Crippen molar-refractivity contribution in [1.29, 1.82) is 0 Å². The number of pyridine rings is 1. The summed E-state index contributed by atoms with van der Waals surface area (Å²) in [5, 5.41) is 0. The van der Waals surface area contributed by atoms with Crippen molar-refractivity contribution < 1.29 is 9.21 Å². The number of carbonyl (C=O) groups excluding carboxylic acids is 1. The first-order valence-electron chi connectivity index (χ1n) is 4.72. The van der Waals surface area contributed by atoms with E-state index in [4.69, 9.17) is 4.42 Å². The fourth-order valence-electron chi connectivity index (χ4n) is 1.31. The minimum Gasteiger partial charge on any atom is -0.472 e. The third kappa shape index (κ3) is 2.31. The molecule has 0 spiro atoms. The van der Waals surface area contributed by atoms with Crippen molar-refractivity contribution in [2.24, 2.45) is 0 Å². The average molecular weight is 201 g/mol. The normalized spacial score (nSPS) is 10.2. The van der Waals surface area contributed by atoms with Crippen LogP contribution in [0.5, 0.6) is 0 Å². The van der Waals surface area contributed by atoms with E-state index in [1.807, 2.05) is 13.0 Å². The SMILES string of the molecule is Cc1ccc(C(=O)Cc2ccoc2)cn1. The quantitative estimate of drug-likeness (QED) is 0.716. The molecule has 0 fully saturated rings. The zero-order valence-corrected chi connectivity index (χ0v) is 8.43. The Morgan fingerprint density at radius 2 is 2.27 bits per heavy atom. The Hall–Kier alpha value is -1.90. The highest BCUT2D eigenvalue weighted by atomic mass is 16.3. The Bertz CT molecular complexity index is 443. The lowest BCUT2D eigenvalue weighted by Crippen LogP contribution is -2.03. The van der Waals surface area contributed by atoms with Gasteiger partial charge in [-0.2, -0.15) is 0 Å². The number of Topliss-reactive ketones (excluding diaryl/α,β-unsaturated/α-hetero) is 1. The highest BCUT2D eigenvalue weighted by Crippen LogP contribution is 2.07. The van der Waals surface area contributed by atoms with E-state index in [2.05, 4.69) is 4.98 Å². The molecule has 15 heavy (non-hydrogen) atoms. The predicted octanol–water partition coefficient (Wildman–Crippen LogP) is 2.41. The number of rotatable bonds is 3. The van der Waals surface area contributed by atoms with Crippen molar-refractivity contribution in [1.82, 2.24) is 4.98 Å². The van der Waals surface area contributed by atoms with E-state index in [9.17, 15) is 4.79 Å². The molecule has 76 valence electrons. The lowest BCUT2D eigenvalue weighted by atomic mass is 10.1. The summed E-state index contributed by atoms with van der Waals surface area (Å²) in [6, 6.07) is 5.42. The van der Waals surface area contributed by atoms with E-state index in [1.54, 1.807) is 30.9 Å². The van der Waals surface area contributed by atoms with Crippen LogP contribution in [0.4, 0.5) is 0 Å². The lowest BCUT2D eigenvalue weighted by molar-refractivity contribution is 0.0992. The Morgan fingerprint density at radius 1 is 1.40 bits per heavy atom. The number of furan rings is 1. The van der Waals surface area contributed by atoms with Gasteiger partial charge in [-0.3, -0.25) is 9.78 Å². The molecule has 0 bridgehead atoms. The Balaban J connectivity index is 2.11. The first-order valence-corrected chi connectivity index (χ1v) is 4.72. The summed E-state index contributed by atoms with van der Waals surface area (Å²) in [5.74, 6) is 0.0592. The van der Waals surface area contributed by atoms with E-state index in [1.165, 1.54) is 0 Å². The van der Waals surface area contributed by atoms with Gasteiger partial charge >= 0.3 is 0 Å². The maximum Gasteiger partial charge on any atom is 0.168 e. The number of aromatic nitrogens is 1. The molecule has 0 aromatic carbocycles. The molecule has 0 aliphatic heterocycles. The van der Waals surface area contributed by atoms with Gasteiger partial charge in [0.2, 0.25) is 0 Å². The summed E-state index contributed by atoms with van der Waals surface area (Å²) in [6.45, 7) is 1.89. The highest BCUT2D eigenvalue weighted by molar-refractivity contribution is 5.97. The van der Waals surface area contributed by atoms with Crippen LogP contribution in [-0.2, 0) is 6.42 Å². The molecule has 0 unspecified atom stereocenters. The fraction of sp³-hybridized carbons (Fsp3) is 0.167. The van der Waals surface area contributed by atoms with Gasteiger partial charge in [0.15, 0.2) is 5.78 Å². The van der Waals surface area contributed by atoms with Crippen LogP contribution < -0.4 is 0 Å². The Labute approximate surface area is 87.8 Å². The maximum atomic E-state index is 11.7. The molecule has 0 saturated heterocycles. The number of hydrogen-bond acceptors (Lipinski definition) is 3. The van der Waals surface area contributed by atoms with Crippen LogP contribution in [0.15, 0.2) is 41.3 Å². The number of hydrogen-bond donors (Lipinski definition) is 0. The zero-order valence-electron chi connectivity index (χ0n) is 8.43. The average Bonchev–Trinajstić information content (AvgIpc) is 2.71. The molecule has 2 rings (SSSR count). The maximum absolute atomic E-state index is 11.7. The van der Waals surface area contributed by atoms with Crippen molar-refractivity contribution in [2.45, 2.75) is 13.3 Å². The third-order valence-electron chi connectivity index (χ3n) is 2.18. The molecule has 0 aliphatic rings. The number of nitrogens with zero attached hydrogens (tertiary/aromatic N) is 1. The molecule has 3 heteroatoms. The molecule has 0 aliphatic carbocycles. The monoisotopic (exact) mass is 201 g/mol. The van der Waals surface area contributed by atoms with E-state index in [-0.39, 0.29) is 5.78 Å². The summed E-state index contributed by atoms with van der Waals surface area (Å²) in [6.07, 6.45) is 5.12. The summed E-state index contributed by atoms with van der Waals surface area (Å²) >= 11 is 0. The van der Waals surface area contributed by atoms with E-state index in [0.717, 1.165) is 11.3 Å². The van der Waals surface area contributed by atoms with Crippen LogP contribution in [0.3, 0.4) is 0 Å². The number of ketones is 1. The smallest absolute Gasteiger partial charge is 0.168 e. The molecule has 0 N–H and O–H groups in total. The molecular weight excluding hydrogens is 190 g/mol. The van der Waals surface area contributed by atoms with Gasteiger partial charge in [-0.25, -0.2) is 0 Å². The van der Waals surface area contributed by atoms with Crippen molar-refractivity contribution in [3.05, 3.63) is 53.7 Å². The van der Waals surface area contributed by atoms with Gasteiger partial charge in [-0.15, -0.1) is 0 Å². The van der Waals surface area contributed by atoms with Crippen LogP contribution in [0.1, 0.15) is 21.6 Å². The molecular formula is C12H11NO2. The van der Waals surface area contributed by atoms with Crippen LogP contribution in [-0.4, -0.2) is 10.8 Å². The van der Waals surface area contributed by atoms with Gasteiger partial charge in [0.05, 0.1) is 12.5 Å². The summed E-state index contributed by atoms with van der Waals surface area (Å²) in [4.78, 5) is 15.8.